The molecule has 2 N–H and O–H groups in total. The van der Waals surface area contributed by atoms with Crippen LogP contribution in [-0.4, -0.2) is 37.6 Å². The summed E-state index contributed by atoms with van der Waals surface area (Å²) in [5.74, 6) is -4.43. The Morgan fingerprint density at radius 3 is 2.24 bits per heavy atom. The van der Waals surface area contributed by atoms with Crippen molar-refractivity contribution in [2.75, 3.05) is 0 Å². The highest BCUT2D eigenvalue weighted by Crippen LogP contribution is 2.41. The first kappa shape index (κ1) is 26.0. The standard InChI is InChI=1S/C27H25F2N3O5S/c28-27(29)11-9-26(10-12-27,24(34)32-25(16-30)7-8-25)31-23(33)22-14-20-6-5-19(13-21(20)37-22)18-3-1-17(2-4-18)15-38(35)36/h1-6,13-14H,7-12,15H2,(H,31,33)(H,32,34)(H,35,36)/p-1. The Morgan fingerprint density at radius 2 is 1.63 bits per heavy atom. The van der Waals surface area contributed by atoms with E-state index in [-0.39, 0.29) is 24.4 Å². The van der Waals surface area contributed by atoms with Crippen molar-refractivity contribution >= 4 is 33.9 Å². The number of furan rings is 1. The number of carbonyl (C=O) groups is 2. The van der Waals surface area contributed by atoms with E-state index in [1.165, 1.54) is 6.07 Å². The number of hydrogen-bond donors (Lipinski definition) is 2. The fourth-order valence-electron chi connectivity index (χ4n) is 4.71. The highest BCUT2D eigenvalue weighted by molar-refractivity contribution is 7.78. The minimum atomic E-state index is -2.93. The van der Waals surface area contributed by atoms with Crippen molar-refractivity contribution in [2.45, 2.75) is 61.3 Å². The van der Waals surface area contributed by atoms with Gasteiger partial charge < -0.3 is 19.6 Å². The van der Waals surface area contributed by atoms with Gasteiger partial charge in [0.25, 0.3) is 5.91 Å². The van der Waals surface area contributed by atoms with Gasteiger partial charge in [0.15, 0.2) is 5.76 Å². The van der Waals surface area contributed by atoms with E-state index in [1.54, 1.807) is 36.4 Å². The Labute approximate surface area is 219 Å². The summed E-state index contributed by atoms with van der Waals surface area (Å²) in [6.07, 6.45) is -0.705. The van der Waals surface area contributed by atoms with Gasteiger partial charge in [-0.2, -0.15) is 5.26 Å². The SMILES string of the molecule is N#CC1(NC(=O)C2(NC(=O)c3cc4ccc(-c5ccc(CS(=O)[O-])cc5)cc4o3)CCC(F)(F)CC2)CC1. The van der Waals surface area contributed by atoms with Crippen molar-refractivity contribution in [3.8, 4) is 17.2 Å². The molecule has 0 radical (unpaired) electrons. The number of hydrogen-bond acceptors (Lipinski definition) is 6. The molecule has 2 aromatic carbocycles. The number of nitriles is 1. The molecular weight excluding hydrogens is 516 g/mol. The van der Waals surface area contributed by atoms with Gasteiger partial charge in [0, 0.05) is 24.0 Å². The van der Waals surface area contributed by atoms with Crippen LogP contribution < -0.4 is 10.6 Å². The molecule has 1 heterocycles. The van der Waals surface area contributed by atoms with Gasteiger partial charge in [0.2, 0.25) is 11.8 Å². The smallest absolute Gasteiger partial charge is 0.287 e. The first-order valence-corrected chi connectivity index (χ1v) is 13.4. The third-order valence-corrected chi connectivity index (χ3v) is 7.82. The molecule has 2 aliphatic carbocycles. The third-order valence-electron chi connectivity index (χ3n) is 7.26. The Hall–Kier alpha value is -3.62. The summed E-state index contributed by atoms with van der Waals surface area (Å²) in [5, 5.41) is 15.3. The highest BCUT2D eigenvalue weighted by Gasteiger charge is 2.53. The van der Waals surface area contributed by atoms with Gasteiger partial charge in [0.1, 0.15) is 16.7 Å². The zero-order chi connectivity index (χ0) is 27.1. The van der Waals surface area contributed by atoms with Crippen molar-refractivity contribution in [2.24, 2.45) is 0 Å². The van der Waals surface area contributed by atoms with E-state index in [2.05, 4.69) is 10.6 Å². The molecule has 38 heavy (non-hydrogen) atoms. The molecule has 2 amide bonds. The summed E-state index contributed by atoms with van der Waals surface area (Å²) in [5.41, 5.74) is 0.0817. The molecule has 2 aliphatic rings. The van der Waals surface area contributed by atoms with Crippen LogP contribution in [0.4, 0.5) is 8.78 Å². The number of alkyl halides is 2. The first-order chi connectivity index (χ1) is 18.0. The summed E-state index contributed by atoms with van der Waals surface area (Å²) < 4.78 is 55.5. The Bertz CT molecular complexity index is 1460. The van der Waals surface area contributed by atoms with Crippen LogP contribution in [0.5, 0.6) is 0 Å². The molecule has 0 spiro atoms. The molecule has 1 aromatic heterocycles. The monoisotopic (exact) mass is 540 g/mol. The van der Waals surface area contributed by atoms with Crippen LogP contribution in [0.15, 0.2) is 52.9 Å². The van der Waals surface area contributed by atoms with Gasteiger partial charge in [-0.05, 0) is 54.5 Å². The van der Waals surface area contributed by atoms with Crippen LogP contribution in [-0.2, 0) is 21.6 Å². The lowest BCUT2D eigenvalue weighted by molar-refractivity contribution is -0.133. The fourth-order valence-corrected chi connectivity index (χ4v) is 5.17. The zero-order valence-electron chi connectivity index (χ0n) is 20.2. The van der Waals surface area contributed by atoms with Gasteiger partial charge in [-0.25, -0.2) is 8.78 Å². The summed E-state index contributed by atoms with van der Waals surface area (Å²) in [6.45, 7) is 0. The minimum absolute atomic E-state index is 0.0728. The number of nitrogens with zero attached hydrogens (tertiary/aromatic N) is 1. The molecule has 0 aliphatic heterocycles. The number of carbonyl (C=O) groups excluding carboxylic acids is 2. The quantitative estimate of drug-likeness (QED) is 0.428. The maximum absolute atomic E-state index is 13.9. The van der Waals surface area contributed by atoms with Crippen molar-refractivity contribution in [1.82, 2.24) is 10.6 Å². The van der Waals surface area contributed by atoms with E-state index in [0.717, 1.165) is 11.1 Å². The summed E-state index contributed by atoms with van der Waals surface area (Å²) in [6, 6.07) is 15.9. The minimum Gasteiger partial charge on any atom is -0.772 e. The zero-order valence-corrected chi connectivity index (χ0v) is 21.0. The van der Waals surface area contributed by atoms with Crippen molar-refractivity contribution in [3.63, 3.8) is 0 Å². The molecule has 0 bridgehead atoms. The van der Waals surface area contributed by atoms with Crippen molar-refractivity contribution in [1.29, 1.82) is 5.26 Å². The van der Waals surface area contributed by atoms with E-state index in [0.29, 0.717) is 29.4 Å². The molecule has 1 unspecified atom stereocenters. The van der Waals surface area contributed by atoms with E-state index in [1.807, 2.05) is 12.1 Å². The molecule has 198 valence electrons. The lowest BCUT2D eigenvalue weighted by atomic mass is 9.78. The molecule has 8 nitrogen and oxygen atoms in total. The second-order valence-corrected chi connectivity index (χ2v) is 10.9. The van der Waals surface area contributed by atoms with Gasteiger partial charge in [-0.3, -0.25) is 13.8 Å². The molecule has 2 fully saturated rings. The highest BCUT2D eigenvalue weighted by atomic mass is 32.2. The molecule has 3 aromatic rings. The molecule has 11 heteroatoms. The fraction of sp³-hybridized carbons (Fsp3) is 0.370. The molecule has 1 atom stereocenters. The molecular formula is C27H24F2N3O5S-. The van der Waals surface area contributed by atoms with E-state index in [9.17, 15) is 32.4 Å². The second kappa shape index (κ2) is 9.60. The number of rotatable bonds is 7. The largest absolute Gasteiger partial charge is 0.772 e. The van der Waals surface area contributed by atoms with E-state index >= 15 is 0 Å². The van der Waals surface area contributed by atoms with E-state index < -0.39 is 52.7 Å². The predicted molar refractivity (Wildman–Crippen MR) is 134 cm³/mol. The summed E-state index contributed by atoms with van der Waals surface area (Å²) in [7, 11) is 0. The lowest BCUT2D eigenvalue weighted by Gasteiger charge is -2.39. The summed E-state index contributed by atoms with van der Waals surface area (Å²) >= 11 is -2.18. The normalized spacial score (nSPS) is 19.7. The third kappa shape index (κ3) is 5.33. The number of benzene rings is 2. The van der Waals surface area contributed by atoms with Crippen LogP contribution in [0.2, 0.25) is 0 Å². The van der Waals surface area contributed by atoms with Gasteiger partial charge in [0.05, 0.1) is 6.07 Å². The van der Waals surface area contributed by atoms with Gasteiger partial charge in [-0.15, -0.1) is 0 Å². The van der Waals surface area contributed by atoms with Crippen LogP contribution in [0.1, 0.15) is 54.6 Å². The number of amides is 2. The Balaban J connectivity index is 1.37. The van der Waals surface area contributed by atoms with Gasteiger partial charge >= 0.3 is 0 Å². The topological polar surface area (TPSA) is 135 Å². The maximum atomic E-state index is 13.9. The van der Waals surface area contributed by atoms with Crippen molar-refractivity contribution < 1.29 is 31.5 Å². The van der Waals surface area contributed by atoms with Crippen LogP contribution in [0, 0.1) is 11.3 Å². The predicted octanol–water partition coefficient (Wildman–Crippen LogP) is 4.33. The van der Waals surface area contributed by atoms with Crippen LogP contribution in [0.3, 0.4) is 0 Å². The maximum Gasteiger partial charge on any atom is 0.287 e. The molecule has 0 saturated heterocycles. The van der Waals surface area contributed by atoms with E-state index in [4.69, 9.17) is 4.42 Å². The number of fused-ring (bicyclic) bond motifs is 1. The number of nitrogens with one attached hydrogen (secondary N) is 2. The Kier molecular flexibility index (Phi) is 6.57. The number of halogens is 2. The van der Waals surface area contributed by atoms with Crippen LogP contribution in [0.25, 0.3) is 22.1 Å². The van der Waals surface area contributed by atoms with Gasteiger partial charge in [-0.1, -0.05) is 47.5 Å². The average molecular weight is 541 g/mol. The summed E-state index contributed by atoms with van der Waals surface area (Å²) in [4.78, 5) is 26.4. The average Bonchev–Trinajstić information content (AvgIpc) is 3.52. The lowest BCUT2D eigenvalue weighted by Crippen LogP contribution is -2.62. The second-order valence-electron chi connectivity index (χ2n) is 10.0. The molecule has 2 saturated carbocycles. The molecule has 5 rings (SSSR count). The van der Waals surface area contributed by atoms with Crippen molar-refractivity contribution in [3.05, 3.63) is 59.9 Å². The Morgan fingerprint density at radius 1 is 0.974 bits per heavy atom. The first-order valence-electron chi connectivity index (χ1n) is 12.2. The van der Waals surface area contributed by atoms with Crippen LogP contribution >= 0.6 is 0 Å².